The lowest BCUT2D eigenvalue weighted by molar-refractivity contribution is 0.183. The first-order valence-corrected chi connectivity index (χ1v) is 8.97. The number of fused-ring (bicyclic) bond motifs is 1. The van der Waals surface area contributed by atoms with E-state index in [-0.39, 0.29) is 23.8 Å². The SMILES string of the molecule is COC[C@H](Nc1ncnc(N)c1C#N)c1nc2ccc(F)cc2n1-c1ccccn1. The summed E-state index contributed by atoms with van der Waals surface area (Å²) < 4.78 is 21.1. The summed E-state index contributed by atoms with van der Waals surface area (Å²) in [4.78, 5) is 17.1. The molecule has 0 aliphatic heterocycles. The Bertz CT molecular complexity index is 1240. The molecular weight excluding hydrogens is 387 g/mol. The van der Waals surface area contributed by atoms with Gasteiger partial charge in [-0.3, -0.25) is 4.57 Å². The number of benzene rings is 1. The Kier molecular flexibility index (Phi) is 5.19. The largest absolute Gasteiger partial charge is 0.382 e. The highest BCUT2D eigenvalue weighted by atomic mass is 19.1. The van der Waals surface area contributed by atoms with Crippen molar-refractivity contribution in [3.8, 4) is 11.9 Å². The Morgan fingerprint density at radius 1 is 1.27 bits per heavy atom. The molecule has 3 aromatic heterocycles. The highest BCUT2D eigenvalue weighted by molar-refractivity contribution is 5.78. The number of halogens is 1. The summed E-state index contributed by atoms with van der Waals surface area (Å²) in [5, 5.41) is 12.6. The number of hydrogen-bond donors (Lipinski definition) is 2. The molecule has 30 heavy (non-hydrogen) atoms. The van der Waals surface area contributed by atoms with Gasteiger partial charge in [-0.1, -0.05) is 6.07 Å². The Morgan fingerprint density at radius 3 is 2.87 bits per heavy atom. The van der Waals surface area contributed by atoms with E-state index in [2.05, 4.69) is 25.3 Å². The molecule has 0 unspecified atom stereocenters. The third kappa shape index (κ3) is 3.49. The molecule has 0 amide bonds. The number of anilines is 2. The average Bonchev–Trinajstić information content (AvgIpc) is 3.12. The molecular formula is C20H17FN8O. The molecule has 0 saturated carbocycles. The third-order valence-corrected chi connectivity index (χ3v) is 4.47. The molecule has 4 rings (SSSR count). The molecule has 10 heteroatoms. The fourth-order valence-corrected chi connectivity index (χ4v) is 3.16. The zero-order chi connectivity index (χ0) is 21.1. The van der Waals surface area contributed by atoms with Crippen molar-refractivity contribution in [2.75, 3.05) is 24.8 Å². The molecule has 0 fully saturated rings. The molecule has 1 aromatic carbocycles. The zero-order valence-electron chi connectivity index (χ0n) is 16.0. The van der Waals surface area contributed by atoms with Gasteiger partial charge in [0.1, 0.15) is 53.1 Å². The van der Waals surface area contributed by atoms with Crippen LogP contribution < -0.4 is 11.1 Å². The van der Waals surface area contributed by atoms with Gasteiger partial charge in [0.2, 0.25) is 0 Å². The van der Waals surface area contributed by atoms with Crippen LogP contribution >= 0.6 is 0 Å². The predicted molar refractivity (Wildman–Crippen MR) is 108 cm³/mol. The summed E-state index contributed by atoms with van der Waals surface area (Å²) in [5.41, 5.74) is 7.05. The second-order valence-corrected chi connectivity index (χ2v) is 6.37. The van der Waals surface area contributed by atoms with E-state index < -0.39 is 11.9 Å². The number of aromatic nitrogens is 5. The maximum absolute atomic E-state index is 14.0. The second kappa shape index (κ2) is 8.10. The average molecular weight is 404 g/mol. The number of nitrogen functional groups attached to an aromatic ring is 1. The van der Waals surface area contributed by atoms with Crippen LogP contribution in [0.15, 0.2) is 48.9 Å². The molecule has 3 N–H and O–H groups in total. The van der Waals surface area contributed by atoms with Crippen LogP contribution in [0, 0.1) is 17.1 Å². The number of rotatable bonds is 6. The number of methoxy groups -OCH3 is 1. The van der Waals surface area contributed by atoms with Crippen molar-refractivity contribution in [1.29, 1.82) is 5.26 Å². The van der Waals surface area contributed by atoms with Gasteiger partial charge in [-0.25, -0.2) is 24.3 Å². The maximum atomic E-state index is 14.0. The monoisotopic (exact) mass is 404 g/mol. The molecule has 9 nitrogen and oxygen atoms in total. The number of nitriles is 1. The first-order chi connectivity index (χ1) is 14.6. The highest BCUT2D eigenvalue weighted by Gasteiger charge is 2.24. The minimum Gasteiger partial charge on any atom is -0.382 e. The van der Waals surface area contributed by atoms with Gasteiger partial charge in [0.05, 0.1) is 17.6 Å². The summed E-state index contributed by atoms with van der Waals surface area (Å²) in [5.74, 6) is 0.991. The Morgan fingerprint density at radius 2 is 2.13 bits per heavy atom. The molecule has 0 saturated heterocycles. The van der Waals surface area contributed by atoms with Gasteiger partial charge >= 0.3 is 0 Å². The van der Waals surface area contributed by atoms with Crippen molar-refractivity contribution in [1.82, 2.24) is 24.5 Å². The number of ether oxygens (including phenoxy) is 1. The second-order valence-electron chi connectivity index (χ2n) is 6.37. The Labute approximate surface area is 171 Å². The highest BCUT2D eigenvalue weighted by Crippen LogP contribution is 2.28. The Hall–Kier alpha value is -4.10. The Balaban J connectivity index is 1.89. The first kappa shape index (κ1) is 19.2. The lowest BCUT2D eigenvalue weighted by Gasteiger charge is -2.20. The van der Waals surface area contributed by atoms with Crippen molar-refractivity contribution < 1.29 is 9.13 Å². The van der Waals surface area contributed by atoms with E-state index in [0.717, 1.165) is 0 Å². The number of imidazole rings is 1. The molecule has 4 aromatic rings. The smallest absolute Gasteiger partial charge is 0.150 e. The molecule has 150 valence electrons. The summed E-state index contributed by atoms with van der Waals surface area (Å²) in [7, 11) is 1.54. The zero-order valence-corrected chi connectivity index (χ0v) is 16.0. The van der Waals surface area contributed by atoms with Crippen molar-refractivity contribution in [2.24, 2.45) is 0 Å². The van der Waals surface area contributed by atoms with Gasteiger partial charge < -0.3 is 15.8 Å². The molecule has 0 bridgehead atoms. The quantitative estimate of drug-likeness (QED) is 0.502. The van der Waals surface area contributed by atoms with E-state index in [9.17, 15) is 9.65 Å². The number of pyridine rings is 1. The lowest BCUT2D eigenvalue weighted by Crippen LogP contribution is -2.22. The van der Waals surface area contributed by atoms with Crippen LogP contribution in [0.3, 0.4) is 0 Å². The molecule has 0 aliphatic rings. The minimum absolute atomic E-state index is 0.0615. The molecule has 0 radical (unpaired) electrons. The van der Waals surface area contributed by atoms with E-state index in [0.29, 0.717) is 22.7 Å². The van der Waals surface area contributed by atoms with E-state index in [1.54, 1.807) is 36.1 Å². The van der Waals surface area contributed by atoms with E-state index in [1.165, 1.54) is 18.5 Å². The van der Waals surface area contributed by atoms with Gasteiger partial charge in [-0.15, -0.1) is 0 Å². The van der Waals surface area contributed by atoms with Crippen LogP contribution in [0.5, 0.6) is 0 Å². The summed E-state index contributed by atoms with van der Waals surface area (Å²) in [6.07, 6.45) is 2.90. The maximum Gasteiger partial charge on any atom is 0.150 e. The van der Waals surface area contributed by atoms with E-state index >= 15 is 0 Å². The fraction of sp³-hybridized carbons (Fsp3) is 0.150. The molecule has 0 aliphatic carbocycles. The van der Waals surface area contributed by atoms with Crippen molar-refractivity contribution in [2.45, 2.75) is 6.04 Å². The van der Waals surface area contributed by atoms with Crippen LogP contribution in [-0.4, -0.2) is 38.2 Å². The lowest BCUT2D eigenvalue weighted by atomic mass is 10.2. The van der Waals surface area contributed by atoms with Gasteiger partial charge in [0.25, 0.3) is 0 Å². The number of nitrogens with one attached hydrogen (secondary N) is 1. The van der Waals surface area contributed by atoms with Gasteiger partial charge in [-0.05, 0) is 24.3 Å². The van der Waals surface area contributed by atoms with Gasteiger partial charge in [0.15, 0.2) is 0 Å². The summed E-state index contributed by atoms with van der Waals surface area (Å²) in [6, 6.07) is 11.2. The van der Waals surface area contributed by atoms with Crippen molar-refractivity contribution >= 4 is 22.7 Å². The number of nitrogens with two attached hydrogens (primary N) is 1. The van der Waals surface area contributed by atoms with Crippen LogP contribution in [0.1, 0.15) is 17.4 Å². The predicted octanol–water partition coefficient (Wildman–Crippen LogP) is 2.60. The van der Waals surface area contributed by atoms with E-state index in [1.807, 2.05) is 12.1 Å². The summed E-state index contributed by atoms with van der Waals surface area (Å²) >= 11 is 0. The standard InChI is InChI=1S/C20H17FN8O/c1-30-10-15(27-19-13(9-22)18(23)25-11-26-19)20-28-14-6-5-12(21)8-16(14)29(20)17-4-2-3-7-24-17/h2-8,11,15H,10H2,1H3,(H3,23,25,26,27)/t15-/m0/s1. The molecule has 0 spiro atoms. The van der Waals surface area contributed by atoms with Crippen LogP contribution in [0.2, 0.25) is 0 Å². The third-order valence-electron chi connectivity index (χ3n) is 4.47. The molecule has 3 heterocycles. The van der Waals surface area contributed by atoms with Crippen LogP contribution in [0.25, 0.3) is 16.9 Å². The number of hydrogen-bond acceptors (Lipinski definition) is 8. The van der Waals surface area contributed by atoms with E-state index in [4.69, 9.17) is 10.5 Å². The van der Waals surface area contributed by atoms with Crippen LogP contribution in [0.4, 0.5) is 16.0 Å². The summed E-state index contributed by atoms with van der Waals surface area (Å²) in [6.45, 7) is 0.188. The first-order valence-electron chi connectivity index (χ1n) is 8.97. The normalized spacial score (nSPS) is 11.9. The van der Waals surface area contributed by atoms with Crippen molar-refractivity contribution in [3.63, 3.8) is 0 Å². The van der Waals surface area contributed by atoms with Gasteiger partial charge in [-0.2, -0.15) is 5.26 Å². The topological polar surface area (TPSA) is 128 Å². The van der Waals surface area contributed by atoms with Crippen LogP contribution in [-0.2, 0) is 4.74 Å². The number of nitrogens with zero attached hydrogens (tertiary/aromatic N) is 6. The van der Waals surface area contributed by atoms with Crippen molar-refractivity contribution in [3.05, 3.63) is 66.1 Å². The minimum atomic E-state index is -0.547. The van der Waals surface area contributed by atoms with Gasteiger partial charge in [0, 0.05) is 19.4 Å². The fourth-order valence-electron chi connectivity index (χ4n) is 3.16. The molecule has 1 atom stereocenters.